The predicted molar refractivity (Wildman–Crippen MR) is 88.6 cm³/mol. The van der Waals surface area contributed by atoms with Gasteiger partial charge >= 0.3 is 0 Å². The Kier molecular flexibility index (Phi) is 5.00. The van der Waals surface area contributed by atoms with Gasteiger partial charge in [0, 0.05) is 31.5 Å². The predicted octanol–water partition coefficient (Wildman–Crippen LogP) is 2.43. The van der Waals surface area contributed by atoms with E-state index >= 15 is 0 Å². The molecule has 6 heteroatoms. The lowest BCUT2D eigenvalue weighted by Crippen LogP contribution is -2.36. The summed E-state index contributed by atoms with van der Waals surface area (Å²) in [6, 6.07) is 3.79. The van der Waals surface area contributed by atoms with Crippen LogP contribution in [0.25, 0.3) is 0 Å². The van der Waals surface area contributed by atoms with Gasteiger partial charge in [-0.2, -0.15) is 5.10 Å². The zero-order chi connectivity index (χ0) is 16.1. The summed E-state index contributed by atoms with van der Waals surface area (Å²) in [4.78, 5) is 11.2. The van der Waals surface area contributed by atoms with Gasteiger partial charge in [0.1, 0.15) is 0 Å². The van der Waals surface area contributed by atoms with Crippen LogP contribution >= 0.6 is 0 Å². The highest BCUT2D eigenvalue weighted by molar-refractivity contribution is 5.30. The van der Waals surface area contributed by atoms with Crippen molar-refractivity contribution >= 4 is 5.95 Å². The van der Waals surface area contributed by atoms with E-state index in [1.165, 1.54) is 5.56 Å². The van der Waals surface area contributed by atoms with Gasteiger partial charge in [-0.3, -0.25) is 0 Å². The lowest BCUT2D eigenvalue weighted by atomic mass is 9.98. The van der Waals surface area contributed by atoms with Crippen molar-refractivity contribution in [3.63, 3.8) is 0 Å². The van der Waals surface area contributed by atoms with Crippen LogP contribution in [0, 0.1) is 12.8 Å². The second-order valence-electron chi connectivity index (χ2n) is 6.00. The molecule has 0 radical (unpaired) electrons. The van der Waals surface area contributed by atoms with Crippen molar-refractivity contribution in [1.82, 2.24) is 20.2 Å². The molecule has 0 atom stereocenters. The number of hydrogen-bond acceptors (Lipinski definition) is 6. The molecule has 1 saturated heterocycles. The van der Waals surface area contributed by atoms with E-state index in [4.69, 9.17) is 4.74 Å². The Bertz CT molecular complexity index is 606. The smallest absolute Gasteiger partial charge is 0.233 e. The Morgan fingerprint density at radius 2 is 1.87 bits per heavy atom. The number of aromatic nitrogens is 4. The fraction of sp³-hybridized carbons (Fsp3) is 0.529. The molecule has 0 bridgehead atoms. The molecule has 1 aliphatic rings. The van der Waals surface area contributed by atoms with E-state index in [2.05, 4.69) is 32.0 Å². The van der Waals surface area contributed by atoms with Crippen LogP contribution in [-0.2, 0) is 6.42 Å². The zero-order valence-corrected chi connectivity index (χ0v) is 13.8. The number of rotatable bonds is 5. The van der Waals surface area contributed by atoms with Gasteiger partial charge in [-0.05, 0) is 43.7 Å². The number of piperidine rings is 1. The van der Waals surface area contributed by atoms with E-state index in [1.807, 2.05) is 31.5 Å². The largest absolute Gasteiger partial charge is 0.476 e. The van der Waals surface area contributed by atoms with Gasteiger partial charge < -0.3 is 9.64 Å². The maximum Gasteiger partial charge on any atom is 0.233 e. The molecular weight excluding hydrogens is 290 g/mol. The van der Waals surface area contributed by atoms with Crippen LogP contribution < -0.4 is 9.64 Å². The van der Waals surface area contributed by atoms with E-state index in [1.54, 1.807) is 0 Å². The molecule has 1 fully saturated rings. The second kappa shape index (κ2) is 7.35. The van der Waals surface area contributed by atoms with Crippen LogP contribution in [0.5, 0.6) is 5.88 Å². The van der Waals surface area contributed by atoms with E-state index in [0.29, 0.717) is 18.4 Å². The number of nitrogens with zero attached hydrogens (tertiary/aromatic N) is 5. The van der Waals surface area contributed by atoms with Gasteiger partial charge in [0.25, 0.3) is 0 Å². The molecular formula is C17H23N5O. The van der Waals surface area contributed by atoms with E-state index in [-0.39, 0.29) is 0 Å². The number of ether oxygens (including phenoxy) is 1. The Balaban J connectivity index is 1.47. The fourth-order valence-corrected chi connectivity index (χ4v) is 2.66. The molecule has 3 rings (SSSR count). The summed E-state index contributed by atoms with van der Waals surface area (Å²) >= 11 is 0. The van der Waals surface area contributed by atoms with E-state index in [9.17, 15) is 0 Å². The average molecular weight is 313 g/mol. The molecule has 2 aromatic rings. The third-order valence-electron chi connectivity index (χ3n) is 4.24. The van der Waals surface area contributed by atoms with Crippen molar-refractivity contribution in [2.24, 2.45) is 5.92 Å². The van der Waals surface area contributed by atoms with Gasteiger partial charge in [-0.25, -0.2) is 9.97 Å². The molecule has 6 nitrogen and oxygen atoms in total. The SMILES string of the molecule is CCc1cnc(N2CCC(COc3ccc(C)nn3)CC2)nc1. The molecule has 0 N–H and O–H groups in total. The molecule has 0 aliphatic carbocycles. The van der Waals surface area contributed by atoms with Gasteiger partial charge in [0.15, 0.2) is 0 Å². The third kappa shape index (κ3) is 4.15. The summed E-state index contributed by atoms with van der Waals surface area (Å²) < 4.78 is 5.75. The van der Waals surface area contributed by atoms with Crippen LogP contribution in [0.3, 0.4) is 0 Å². The molecule has 0 unspecified atom stereocenters. The molecule has 0 saturated carbocycles. The van der Waals surface area contributed by atoms with E-state index < -0.39 is 0 Å². The second-order valence-corrected chi connectivity index (χ2v) is 6.00. The first-order chi connectivity index (χ1) is 11.2. The van der Waals surface area contributed by atoms with Crippen LogP contribution in [0.4, 0.5) is 5.95 Å². The topological polar surface area (TPSA) is 64.0 Å². The van der Waals surface area contributed by atoms with Crippen molar-refractivity contribution in [3.05, 3.63) is 35.8 Å². The third-order valence-corrected chi connectivity index (χ3v) is 4.24. The molecule has 3 heterocycles. The first kappa shape index (κ1) is 15.6. The Morgan fingerprint density at radius 3 is 2.48 bits per heavy atom. The normalized spacial score (nSPS) is 15.7. The first-order valence-electron chi connectivity index (χ1n) is 8.23. The number of aryl methyl sites for hydroxylation is 2. The van der Waals surface area contributed by atoms with Crippen LogP contribution in [0.2, 0.25) is 0 Å². The van der Waals surface area contributed by atoms with Crippen molar-refractivity contribution in [2.75, 3.05) is 24.6 Å². The maximum absolute atomic E-state index is 5.75. The van der Waals surface area contributed by atoms with Crippen molar-refractivity contribution in [1.29, 1.82) is 0 Å². The summed E-state index contributed by atoms with van der Waals surface area (Å²) in [6.45, 7) is 6.67. The van der Waals surface area contributed by atoms with Gasteiger partial charge in [-0.15, -0.1) is 5.10 Å². The van der Waals surface area contributed by atoms with Crippen LogP contribution in [-0.4, -0.2) is 39.9 Å². The highest BCUT2D eigenvalue weighted by Gasteiger charge is 2.21. The molecule has 1 aliphatic heterocycles. The minimum absolute atomic E-state index is 0.546. The monoisotopic (exact) mass is 313 g/mol. The Morgan fingerprint density at radius 1 is 1.13 bits per heavy atom. The molecule has 0 amide bonds. The van der Waals surface area contributed by atoms with Crippen LogP contribution in [0.15, 0.2) is 24.5 Å². The van der Waals surface area contributed by atoms with Crippen molar-refractivity contribution in [2.45, 2.75) is 33.1 Å². The minimum atomic E-state index is 0.546. The van der Waals surface area contributed by atoms with Gasteiger partial charge in [0.2, 0.25) is 11.8 Å². The average Bonchev–Trinajstić information content (AvgIpc) is 2.62. The quantitative estimate of drug-likeness (QED) is 0.845. The zero-order valence-electron chi connectivity index (χ0n) is 13.8. The minimum Gasteiger partial charge on any atom is -0.476 e. The Hall–Kier alpha value is -2.24. The van der Waals surface area contributed by atoms with Crippen molar-refractivity contribution < 1.29 is 4.74 Å². The summed E-state index contributed by atoms with van der Waals surface area (Å²) in [5.41, 5.74) is 2.08. The van der Waals surface area contributed by atoms with Gasteiger partial charge in [-0.1, -0.05) is 6.92 Å². The fourth-order valence-electron chi connectivity index (χ4n) is 2.66. The van der Waals surface area contributed by atoms with Crippen molar-refractivity contribution in [3.8, 4) is 5.88 Å². The van der Waals surface area contributed by atoms with E-state index in [0.717, 1.165) is 44.0 Å². The van der Waals surface area contributed by atoms with Gasteiger partial charge in [0.05, 0.1) is 12.3 Å². The summed E-state index contributed by atoms with van der Waals surface area (Å²) in [5, 5.41) is 8.05. The summed E-state index contributed by atoms with van der Waals surface area (Å²) in [5.74, 6) is 1.99. The molecule has 2 aromatic heterocycles. The molecule has 122 valence electrons. The highest BCUT2D eigenvalue weighted by Crippen LogP contribution is 2.21. The molecule has 0 spiro atoms. The standard InChI is InChI=1S/C17H23N5O/c1-3-14-10-18-17(19-11-14)22-8-6-15(7-9-22)12-23-16-5-4-13(2)20-21-16/h4-5,10-11,15H,3,6-9,12H2,1-2H3. The van der Waals surface area contributed by atoms with Crippen LogP contribution in [0.1, 0.15) is 31.0 Å². The maximum atomic E-state index is 5.75. The summed E-state index contributed by atoms with van der Waals surface area (Å²) in [6.07, 6.45) is 6.99. The molecule has 0 aromatic carbocycles. The highest BCUT2D eigenvalue weighted by atomic mass is 16.5. The lowest BCUT2D eigenvalue weighted by Gasteiger charge is -2.31. The first-order valence-corrected chi connectivity index (χ1v) is 8.23. The lowest BCUT2D eigenvalue weighted by molar-refractivity contribution is 0.213. The number of anilines is 1. The Labute approximate surface area is 136 Å². The molecule has 23 heavy (non-hydrogen) atoms. The summed E-state index contributed by atoms with van der Waals surface area (Å²) in [7, 11) is 0. The number of hydrogen-bond donors (Lipinski definition) is 0.